The van der Waals surface area contributed by atoms with Crippen LogP contribution in [-0.4, -0.2) is 6.54 Å². The summed E-state index contributed by atoms with van der Waals surface area (Å²) in [7, 11) is 0. The predicted molar refractivity (Wildman–Crippen MR) is 60.8 cm³/mol. The molecular weight excluding hydrogens is 264 g/mol. The molecule has 0 unspecified atom stereocenters. The maximum Gasteiger partial charge on any atom is 0.137 e. The molecule has 0 amide bonds. The molecule has 15 heavy (non-hydrogen) atoms. The zero-order chi connectivity index (χ0) is 11.6. The van der Waals surface area contributed by atoms with E-state index in [0.717, 1.165) is 6.07 Å². The number of rotatable bonds is 3. The minimum atomic E-state index is -0.448. The second-order valence-electron chi connectivity index (χ2n) is 4.17. The van der Waals surface area contributed by atoms with Gasteiger partial charge in [0.15, 0.2) is 0 Å². The van der Waals surface area contributed by atoms with E-state index in [0.29, 0.717) is 18.5 Å². The van der Waals surface area contributed by atoms with Gasteiger partial charge in [-0.1, -0.05) is 13.8 Å². The van der Waals surface area contributed by atoms with Crippen LogP contribution >= 0.6 is 15.9 Å². The molecule has 0 radical (unpaired) electrons. The first kappa shape index (κ1) is 12.6. The van der Waals surface area contributed by atoms with Crippen molar-refractivity contribution >= 4 is 15.9 Å². The van der Waals surface area contributed by atoms with E-state index < -0.39 is 17.0 Å². The molecule has 1 aromatic carbocycles. The molecule has 0 bridgehead atoms. The van der Waals surface area contributed by atoms with Crippen molar-refractivity contribution < 1.29 is 8.78 Å². The van der Waals surface area contributed by atoms with Crippen LogP contribution in [-0.2, 0) is 5.41 Å². The molecule has 1 aromatic rings. The summed E-state index contributed by atoms with van der Waals surface area (Å²) in [6, 6.07) is 2.39. The Morgan fingerprint density at radius 1 is 1.27 bits per heavy atom. The van der Waals surface area contributed by atoms with Gasteiger partial charge in [-0.3, -0.25) is 0 Å². The highest BCUT2D eigenvalue weighted by atomic mass is 79.9. The number of nitrogens with two attached hydrogens (primary N) is 1. The summed E-state index contributed by atoms with van der Waals surface area (Å²) in [6.07, 6.45) is 0.616. The highest BCUT2D eigenvalue weighted by Gasteiger charge is 2.24. The van der Waals surface area contributed by atoms with Crippen LogP contribution in [0.3, 0.4) is 0 Å². The van der Waals surface area contributed by atoms with E-state index in [-0.39, 0.29) is 4.47 Å². The Hall–Kier alpha value is -0.480. The molecule has 0 aliphatic carbocycles. The molecule has 0 atom stereocenters. The fourth-order valence-electron chi connectivity index (χ4n) is 1.54. The van der Waals surface area contributed by atoms with Gasteiger partial charge in [-0.05, 0) is 52.0 Å². The molecule has 0 aromatic heterocycles. The van der Waals surface area contributed by atoms with Crippen molar-refractivity contribution in [3.8, 4) is 0 Å². The monoisotopic (exact) mass is 277 g/mol. The number of benzene rings is 1. The SMILES string of the molecule is CC(C)(CCN)c1cc(F)c(Br)cc1F. The van der Waals surface area contributed by atoms with Gasteiger partial charge in [-0.15, -0.1) is 0 Å². The normalized spacial score (nSPS) is 11.9. The largest absolute Gasteiger partial charge is 0.330 e. The summed E-state index contributed by atoms with van der Waals surface area (Å²) in [5.74, 6) is -0.849. The molecule has 0 saturated carbocycles. The number of hydrogen-bond donors (Lipinski definition) is 1. The van der Waals surface area contributed by atoms with E-state index >= 15 is 0 Å². The molecule has 0 aliphatic heterocycles. The van der Waals surface area contributed by atoms with Gasteiger partial charge < -0.3 is 5.73 Å². The van der Waals surface area contributed by atoms with E-state index in [1.165, 1.54) is 6.07 Å². The van der Waals surface area contributed by atoms with Crippen molar-refractivity contribution in [2.24, 2.45) is 5.73 Å². The van der Waals surface area contributed by atoms with Crippen molar-refractivity contribution in [2.75, 3.05) is 6.54 Å². The van der Waals surface area contributed by atoms with Crippen molar-refractivity contribution in [1.82, 2.24) is 0 Å². The van der Waals surface area contributed by atoms with E-state index in [1.807, 2.05) is 13.8 Å². The minimum absolute atomic E-state index is 0.146. The lowest BCUT2D eigenvalue weighted by Crippen LogP contribution is -2.23. The van der Waals surface area contributed by atoms with Crippen LogP contribution in [0.25, 0.3) is 0 Å². The van der Waals surface area contributed by atoms with Crippen molar-refractivity contribution in [1.29, 1.82) is 0 Å². The van der Waals surface area contributed by atoms with Gasteiger partial charge in [0.25, 0.3) is 0 Å². The van der Waals surface area contributed by atoms with Gasteiger partial charge in [0.05, 0.1) is 4.47 Å². The smallest absolute Gasteiger partial charge is 0.137 e. The highest BCUT2D eigenvalue weighted by Crippen LogP contribution is 2.31. The summed E-state index contributed by atoms with van der Waals surface area (Å²) >= 11 is 2.95. The second kappa shape index (κ2) is 4.58. The fourth-order valence-corrected chi connectivity index (χ4v) is 1.85. The first-order valence-corrected chi connectivity index (χ1v) is 5.53. The van der Waals surface area contributed by atoms with Crippen LogP contribution < -0.4 is 5.73 Å². The third kappa shape index (κ3) is 2.75. The molecule has 2 N–H and O–H groups in total. The Labute approximate surface area is 96.8 Å². The molecule has 4 heteroatoms. The Bertz CT molecular complexity index is 364. The molecule has 0 spiro atoms. The summed E-state index contributed by atoms with van der Waals surface area (Å²) < 4.78 is 27.0. The van der Waals surface area contributed by atoms with Crippen LogP contribution in [0, 0.1) is 11.6 Å². The maximum absolute atomic E-state index is 13.6. The zero-order valence-corrected chi connectivity index (χ0v) is 10.4. The summed E-state index contributed by atoms with van der Waals surface area (Å²) in [6.45, 7) is 4.15. The first-order valence-electron chi connectivity index (χ1n) is 4.73. The summed E-state index contributed by atoms with van der Waals surface area (Å²) in [5, 5.41) is 0. The topological polar surface area (TPSA) is 26.0 Å². The first-order chi connectivity index (χ1) is 6.88. The second-order valence-corrected chi connectivity index (χ2v) is 5.02. The van der Waals surface area contributed by atoms with Crippen LogP contribution in [0.5, 0.6) is 0 Å². The quantitative estimate of drug-likeness (QED) is 0.843. The van der Waals surface area contributed by atoms with Gasteiger partial charge in [0, 0.05) is 0 Å². The fraction of sp³-hybridized carbons (Fsp3) is 0.455. The van der Waals surface area contributed by atoms with Gasteiger partial charge in [-0.2, -0.15) is 0 Å². The molecule has 0 fully saturated rings. The third-order valence-corrected chi connectivity index (χ3v) is 3.12. The average Bonchev–Trinajstić information content (AvgIpc) is 2.11. The van der Waals surface area contributed by atoms with E-state index in [1.54, 1.807) is 0 Å². The summed E-state index contributed by atoms with van der Waals surface area (Å²) in [4.78, 5) is 0. The Morgan fingerprint density at radius 3 is 2.40 bits per heavy atom. The maximum atomic E-state index is 13.6. The van der Waals surface area contributed by atoms with Gasteiger partial charge >= 0.3 is 0 Å². The molecule has 0 aliphatic rings. The highest BCUT2D eigenvalue weighted by molar-refractivity contribution is 9.10. The van der Waals surface area contributed by atoms with Gasteiger partial charge in [-0.25, -0.2) is 8.78 Å². The van der Waals surface area contributed by atoms with Crippen LogP contribution in [0.1, 0.15) is 25.8 Å². The average molecular weight is 278 g/mol. The van der Waals surface area contributed by atoms with Gasteiger partial charge in [0.1, 0.15) is 11.6 Å². The Balaban J connectivity index is 3.19. The van der Waals surface area contributed by atoms with Gasteiger partial charge in [0.2, 0.25) is 0 Å². The summed E-state index contributed by atoms with van der Waals surface area (Å²) in [5.41, 5.74) is 5.37. The molecular formula is C11H14BrF2N. The molecule has 0 heterocycles. The van der Waals surface area contributed by atoms with Crippen molar-refractivity contribution in [3.05, 3.63) is 33.8 Å². The molecule has 1 nitrogen and oxygen atoms in total. The number of halogens is 3. The Morgan fingerprint density at radius 2 is 1.87 bits per heavy atom. The van der Waals surface area contributed by atoms with Crippen LogP contribution in [0.4, 0.5) is 8.78 Å². The molecule has 0 saturated heterocycles. The number of hydrogen-bond acceptors (Lipinski definition) is 1. The zero-order valence-electron chi connectivity index (χ0n) is 8.78. The van der Waals surface area contributed by atoms with Crippen molar-refractivity contribution in [3.63, 3.8) is 0 Å². The minimum Gasteiger partial charge on any atom is -0.330 e. The standard InChI is InChI=1S/C11H14BrF2N/c1-11(2,3-4-15)7-5-10(14)8(12)6-9(7)13/h5-6H,3-4,15H2,1-2H3. The lowest BCUT2D eigenvalue weighted by Gasteiger charge is -2.25. The van der Waals surface area contributed by atoms with Crippen molar-refractivity contribution in [2.45, 2.75) is 25.7 Å². The third-order valence-electron chi connectivity index (χ3n) is 2.51. The van der Waals surface area contributed by atoms with E-state index in [4.69, 9.17) is 5.73 Å². The van der Waals surface area contributed by atoms with Crippen LogP contribution in [0.15, 0.2) is 16.6 Å². The van der Waals surface area contributed by atoms with E-state index in [2.05, 4.69) is 15.9 Å². The Kier molecular flexibility index (Phi) is 3.84. The molecule has 1 rings (SSSR count). The molecule has 84 valence electrons. The predicted octanol–water partition coefficient (Wildman–Crippen LogP) is 3.35. The lowest BCUT2D eigenvalue weighted by atomic mass is 9.81. The van der Waals surface area contributed by atoms with Crippen LogP contribution in [0.2, 0.25) is 0 Å². The lowest BCUT2D eigenvalue weighted by molar-refractivity contribution is 0.450. The van der Waals surface area contributed by atoms with E-state index in [9.17, 15) is 8.78 Å².